The second-order valence-electron chi connectivity index (χ2n) is 7.36. The maximum Gasteiger partial charge on any atom is 0.322 e. The summed E-state index contributed by atoms with van der Waals surface area (Å²) in [7, 11) is 0. The molecule has 1 heterocycles. The van der Waals surface area contributed by atoms with Crippen molar-refractivity contribution >= 4 is 11.7 Å². The van der Waals surface area contributed by atoms with Crippen LogP contribution in [-0.4, -0.2) is 22.0 Å². The van der Waals surface area contributed by atoms with Crippen LogP contribution in [0.1, 0.15) is 61.9 Å². The van der Waals surface area contributed by atoms with Crippen LogP contribution in [0.2, 0.25) is 0 Å². The Morgan fingerprint density at radius 2 is 1.88 bits per heavy atom. The second-order valence-corrected chi connectivity index (χ2v) is 7.36. The monoisotopic (exact) mass is 351 g/mol. The topological polar surface area (TPSA) is 45.2 Å². The highest BCUT2D eigenvalue weighted by Crippen LogP contribution is 2.30. The number of benzene rings is 1. The molecule has 0 bridgehead atoms. The first kappa shape index (κ1) is 18.4. The lowest BCUT2D eigenvalue weighted by Gasteiger charge is -2.38. The minimum Gasteiger partial charge on any atom is -0.313 e. The summed E-state index contributed by atoms with van der Waals surface area (Å²) >= 11 is 0. The van der Waals surface area contributed by atoms with Gasteiger partial charge in [0, 0.05) is 17.9 Å². The molecule has 0 spiro atoms. The normalized spacial score (nSPS) is 16.1. The number of aromatic nitrogens is 1. The van der Waals surface area contributed by atoms with Crippen LogP contribution in [0.15, 0.2) is 42.6 Å². The van der Waals surface area contributed by atoms with Crippen molar-refractivity contribution < 1.29 is 4.79 Å². The van der Waals surface area contributed by atoms with E-state index in [1.54, 1.807) is 6.20 Å². The van der Waals surface area contributed by atoms with Crippen LogP contribution in [0.25, 0.3) is 0 Å². The molecule has 1 atom stereocenters. The fraction of sp³-hybridized carbons (Fsp3) is 0.455. The molecule has 2 amide bonds. The highest BCUT2D eigenvalue weighted by atomic mass is 16.2. The molecule has 1 aliphatic rings. The summed E-state index contributed by atoms with van der Waals surface area (Å²) in [6, 6.07) is 12.2. The summed E-state index contributed by atoms with van der Waals surface area (Å²) in [6.07, 6.45) is 7.57. The van der Waals surface area contributed by atoms with Gasteiger partial charge < -0.3 is 10.2 Å². The Balaban J connectivity index is 1.83. The van der Waals surface area contributed by atoms with Crippen molar-refractivity contribution in [3.8, 4) is 0 Å². The quantitative estimate of drug-likeness (QED) is 0.776. The summed E-state index contributed by atoms with van der Waals surface area (Å²) < 4.78 is 0. The molecule has 4 nitrogen and oxygen atoms in total. The van der Waals surface area contributed by atoms with Gasteiger partial charge in [-0.05, 0) is 69.0 Å². The van der Waals surface area contributed by atoms with E-state index in [-0.39, 0.29) is 18.1 Å². The molecule has 1 aliphatic carbocycles. The Morgan fingerprint density at radius 1 is 1.12 bits per heavy atom. The number of urea groups is 1. The number of rotatable bonds is 4. The largest absolute Gasteiger partial charge is 0.322 e. The SMILES string of the molecule is Cc1ccc(NC(=O)N(C2CCCCC2)[C@@H](C)c2ccccn2)cc1C. The highest BCUT2D eigenvalue weighted by Gasteiger charge is 2.31. The van der Waals surface area contributed by atoms with Gasteiger partial charge in [-0.15, -0.1) is 0 Å². The van der Waals surface area contributed by atoms with Crippen LogP contribution in [0.4, 0.5) is 10.5 Å². The van der Waals surface area contributed by atoms with Crippen molar-refractivity contribution in [1.82, 2.24) is 9.88 Å². The van der Waals surface area contributed by atoms with Crippen molar-refractivity contribution in [3.05, 3.63) is 59.4 Å². The first-order valence-electron chi connectivity index (χ1n) is 9.64. The maximum absolute atomic E-state index is 13.2. The predicted molar refractivity (Wildman–Crippen MR) is 106 cm³/mol. The number of nitrogens with zero attached hydrogens (tertiary/aromatic N) is 2. The van der Waals surface area contributed by atoms with Crippen LogP contribution in [0, 0.1) is 13.8 Å². The van der Waals surface area contributed by atoms with Gasteiger partial charge in [-0.2, -0.15) is 0 Å². The van der Waals surface area contributed by atoms with Crippen LogP contribution >= 0.6 is 0 Å². The van der Waals surface area contributed by atoms with Gasteiger partial charge in [0.25, 0.3) is 0 Å². The molecule has 2 aromatic rings. The molecule has 1 fully saturated rings. The molecular weight excluding hydrogens is 322 g/mol. The number of carbonyl (C=O) groups is 1. The standard InChI is InChI=1S/C22H29N3O/c1-16-12-13-19(15-17(16)2)24-22(26)25(20-9-5-4-6-10-20)18(3)21-11-7-8-14-23-21/h7-8,11-15,18,20H,4-6,9-10H2,1-3H3,(H,24,26)/t18-/m0/s1. The lowest BCUT2D eigenvalue weighted by molar-refractivity contribution is 0.138. The molecule has 0 unspecified atom stereocenters. The zero-order chi connectivity index (χ0) is 18.5. The number of pyridine rings is 1. The number of amides is 2. The zero-order valence-electron chi connectivity index (χ0n) is 16.0. The van der Waals surface area contributed by atoms with Gasteiger partial charge in [-0.3, -0.25) is 4.98 Å². The second kappa shape index (κ2) is 8.35. The minimum atomic E-state index is -0.0501. The molecule has 138 valence electrons. The van der Waals surface area contributed by atoms with Crippen LogP contribution in [-0.2, 0) is 0 Å². The molecule has 4 heteroatoms. The van der Waals surface area contributed by atoms with E-state index >= 15 is 0 Å². The van der Waals surface area contributed by atoms with E-state index in [9.17, 15) is 4.79 Å². The van der Waals surface area contributed by atoms with Gasteiger partial charge in [0.1, 0.15) is 0 Å². The summed E-state index contributed by atoms with van der Waals surface area (Å²) in [5, 5.41) is 3.12. The fourth-order valence-electron chi connectivity index (χ4n) is 3.79. The molecule has 1 saturated carbocycles. The van der Waals surface area contributed by atoms with Gasteiger partial charge in [-0.1, -0.05) is 31.4 Å². The number of hydrogen-bond acceptors (Lipinski definition) is 2. The Bertz CT molecular complexity index is 738. The summed E-state index contributed by atoms with van der Waals surface area (Å²) in [5.41, 5.74) is 4.21. The third-order valence-corrected chi connectivity index (χ3v) is 5.49. The lowest BCUT2D eigenvalue weighted by atomic mass is 9.93. The van der Waals surface area contributed by atoms with Crippen molar-refractivity contribution in [2.24, 2.45) is 0 Å². The summed E-state index contributed by atoms with van der Waals surface area (Å²) in [6.45, 7) is 6.23. The van der Waals surface area contributed by atoms with Crippen LogP contribution < -0.4 is 5.32 Å². The number of nitrogens with one attached hydrogen (secondary N) is 1. The maximum atomic E-state index is 13.2. The van der Waals surface area contributed by atoms with Gasteiger partial charge in [0.2, 0.25) is 0 Å². The van der Waals surface area contributed by atoms with E-state index in [0.29, 0.717) is 0 Å². The lowest BCUT2D eigenvalue weighted by Crippen LogP contribution is -2.45. The molecule has 0 saturated heterocycles. The van der Waals surface area contributed by atoms with Gasteiger partial charge in [0.15, 0.2) is 0 Å². The summed E-state index contributed by atoms with van der Waals surface area (Å²) in [5.74, 6) is 0. The van der Waals surface area contributed by atoms with Crippen LogP contribution in [0.5, 0.6) is 0 Å². The Hall–Kier alpha value is -2.36. The Kier molecular flexibility index (Phi) is 5.92. The third kappa shape index (κ3) is 4.24. The number of aryl methyl sites for hydroxylation is 2. The number of hydrogen-bond donors (Lipinski definition) is 1. The van der Waals surface area contributed by atoms with Gasteiger partial charge in [-0.25, -0.2) is 4.79 Å². The van der Waals surface area contributed by atoms with E-state index in [1.165, 1.54) is 30.4 Å². The van der Waals surface area contributed by atoms with E-state index in [2.05, 4.69) is 37.1 Å². The fourth-order valence-corrected chi connectivity index (χ4v) is 3.79. The average molecular weight is 351 g/mol. The van der Waals surface area contributed by atoms with E-state index in [0.717, 1.165) is 24.2 Å². The minimum absolute atomic E-state index is 0.0293. The molecule has 0 aliphatic heterocycles. The van der Waals surface area contributed by atoms with E-state index < -0.39 is 0 Å². The van der Waals surface area contributed by atoms with Gasteiger partial charge >= 0.3 is 6.03 Å². The van der Waals surface area contributed by atoms with Crippen LogP contribution in [0.3, 0.4) is 0 Å². The molecule has 1 N–H and O–H groups in total. The molecule has 0 radical (unpaired) electrons. The number of carbonyl (C=O) groups excluding carboxylic acids is 1. The smallest absolute Gasteiger partial charge is 0.313 e. The van der Waals surface area contributed by atoms with E-state index in [1.807, 2.05) is 35.2 Å². The van der Waals surface area contributed by atoms with Crippen molar-refractivity contribution in [3.63, 3.8) is 0 Å². The number of anilines is 1. The summed E-state index contributed by atoms with van der Waals surface area (Å²) in [4.78, 5) is 19.7. The van der Waals surface area contributed by atoms with Crippen molar-refractivity contribution in [2.75, 3.05) is 5.32 Å². The van der Waals surface area contributed by atoms with Crippen molar-refractivity contribution in [1.29, 1.82) is 0 Å². The predicted octanol–water partition coefficient (Wildman–Crippen LogP) is 5.63. The average Bonchev–Trinajstić information content (AvgIpc) is 2.66. The highest BCUT2D eigenvalue weighted by molar-refractivity contribution is 5.90. The molecule has 1 aromatic carbocycles. The first-order chi connectivity index (χ1) is 12.6. The molecular formula is C22H29N3O. The zero-order valence-corrected chi connectivity index (χ0v) is 16.0. The first-order valence-corrected chi connectivity index (χ1v) is 9.64. The molecule has 3 rings (SSSR count). The van der Waals surface area contributed by atoms with E-state index in [4.69, 9.17) is 0 Å². The molecule has 26 heavy (non-hydrogen) atoms. The Labute approximate surface area is 156 Å². The van der Waals surface area contributed by atoms with Crippen molar-refractivity contribution in [2.45, 2.75) is 65.0 Å². The third-order valence-electron chi connectivity index (χ3n) is 5.49. The Morgan fingerprint density at radius 3 is 2.54 bits per heavy atom. The molecule has 1 aromatic heterocycles. The van der Waals surface area contributed by atoms with Gasteiger partial charge in [0.05, 0.1) is 11.7 Å².